The maximum Gasteiger partial charge on any atom is 0.387 e. The molecule has 1 heterocycles. The third kappa shape index (κ3) is 2.03. The fourth-order valence-corrected chi connectivity index (χ4v) is 1.32. The van der Waals surface area contributed by atoms with Crippen molar-refractivity contribution < 1.29 is 22.3 Å². The smallest absolute Gasteiger partial charge is 0.387 e. The first-order valence-electron chi connectivity index (χ1n) is 4.45. The fourth-order valence-electron chi connectivity index (χ4n) is 1.32. The first-order chi connectivity index (χ1) is 7.68. The molecular weight excluding hydrogens is 221 g/mol. The molecule has 16 heavy (non-hydrogen) atoms. The van der Waals surface area contributed by atoms with E-state index in [0.717, 1.165) is 6.07 Å². The summed E-state index contributed by atoms with van der Waals surface area (Å²) in [5, 5.41) is 0. The number of hydrogen-bond acceptors (Lipinski definition) is 2. The van der Waals surface area contributed by atoms with Gasteiger partial charge in [0.2, 0.25) is 0 Å². The first-order valence-corrected chi connectivity index (χ1v) is 4.45. The molecule has 0 radical (unpaired) electrons. The highest BCUT2D eigenvalue weighted by molar-refractivity contribution is 5.60. The van der Waals surface area contributed by atoms with Crippen molar-refractivity contribution in [3.8, 4) is 17.1 Å². The SMILES string of the molecule is Fc1c(OC(F)F)cccc1-c1ccco1. The van der Waals surface area contributed by atoms with Crippen LogP contribution in [0.1, 0.15) is 0 Å². The summed E-state index contributed by atoms with van der Waals surface area (Å²) in [6.07, 6.45) is 1.37. The van der Waals surface area contributed by atoms with Crippen LogP contribution in [0.2, 0.25) is 0 Å². The first kappa shape index (κ1) is 10.6. The second-order valence-corrected chi connectivity index (χ2v) is 2.97. The van der Waals surface area contributed by atoms with Crippen LogP contribution in [0, 0.1) is 5.82 Å². The van der Waals surface area contributed by atoms with E-state index >= 15 is 0 Å². The van der Waals surface area contributed by atoms with Crippen LogP contribution in [0.15, 0.2) is 41.0 Å². The number of halogens is 3. The van der Waals surface area contributed by atoms with Crippen LogP contribution in [-0.2, 0) is 0 Å². The molecule has 0 bridgehead atoms. The number of ether oxygens (including phenoxy) is 1. The summed E-state index contributed by atoms with van der Waals surface area (Å²) in [6, 6.07) is 7.08. The predicted molar refractivity (Wildman–Crippen MR) is 50.7 cm³/mol. The van der Waals surface area contributed by atoms with E-state index in [2.05, 4.69) is 4.74 Å². The highest BCUT2D eigenvalue weighted by Gasteiger charge is 2.15. The molecule has 0 N–H and O–H groups in total. The molecule has 0 saturated heterocycles. The van der Waals surface area contributed by atoms with Crippen molar-refractivity contribution in [2.24, 2.45) is 0 Å². The van der Waals surface area contributed by atoms with Gasteiger partial charge in [-0.15, -0.1) is 0 Å². The molecule has 0 fully saturated rings. The predicted octanol–water partition coefficient (Wildman–Crippen LogP) is 3.69. The molecule has 1 aromatic carbocycles. The Labute approximate surface area is 89.3 Å². The zero-order valence-corrected chi connectivity index (χ0v) is 7.99. The Morgan fingerprint density at radius 1 is 1.12 bits per heavy atom. The Balaban J connectivity index is 2.41. The van der Waals surface area contributed by atoms with Gasteiger partial charge in [-0.3, -0.25) is 0 Å². The molecule has 0 aliphatic heterocycles. The number of alkyl halides is 2. The van der Waals surface area contributed by atoms with Crippen molar-refractivity contribution in [3.05, 3.63) is 42.4 Å². The molecule has 1 aromatic heterocycles. The topological polar surface area (TPSA) is 22.4 Å². The molecule has 0 unspecified atom stereocenters. The third-order valence-corrected chi connectivity index (χ3v) is 1.97. The van der Waals surface area contributed by atoms with Gasteiger partial charge in [-0.1, -0.05) is 6.07 Å². The Morgan fingerprint density at radius 3 is 2.56 bits per heavy atom. The maximum absolute atomic E-state index is 13.7. The van der Waals surface area contributed by atoms with E-state index < -0.39 is 18.2 Å². The van der Waals surface area contributed by atoms with Crippen LogP contribution in [-0.4, -0.2) is 6.61 Å². The van der Waals surface area contributed by atoms with Gasteiger partial charge in [-0.05, 0) is 24.3 Å². The van der Waals surface area contributed by atoms with E-state index in [1.807, 2.05) is 0 Å². The molecule has 0 aliphatic carbocycles. The fraction of sp³-hybridized carbons (Fsp3) is 0.0909. The van der Waals surface area contributed by atoms with E-state index in [-0.39, 0.29) is 11.3 Å². The Hall–Kier alpha value is -1.91. The minimum absolute atomic E-state index is 0.0863. The highest BCUT2D eigenvalue weighted by atomic mass is 19.3. The number of rotatable bonds is 3. The Bertz CT molecular complexity index is 466. The van der Waals surface area contributed by atoms with Gasteiger partial charge in [0.05, 0.1) is 11.8 Å². The number of benzene rings is 1. The molecule has 2 aromatic rings. The van der Waals surface area contributed by atoms with Gasteiger partial charge in [0.15, 0.2) is 11.6 Å². The number of hydrogen-bond donors (Lipinski definition) is 0. The molecular formula is C11H7F3O2. The summed E-state index contributed by atoms with van der Waals surface area (Å²) in [5.74, 6) is -1.10. The lowest BCUT2D eigenvalue weighted by Gasteiger charge is -2.07. The largest absolute Gasteiger partial charge is 0.464 e. The average molecular weight is 228 g/mol. The van der Waals surface area contributed by atoms with Crippen molar-refractivity contribution in [2.45, 2.75) is 6.61 Å². The standard InChI is InChI=1S/C11H7F3O2/c12-10-7(8-5-2-6-15-8)3-1-4-9(10)16-11(13)14/h1-6,11H. The summed E-state index contributed by atoms with van der Waals surface area (Å²) in [5.41, 5.74) is 0.0863. The quantitative estimate of drug-likeness (QED) is 0.799. The van der Waals surface area contributed by atoms with Crippen molar-refractivity contribution in [2.75, 3.05) is 0 Å². The Morgan fingerprint density at radius 2 is 1.94 bits per heavy atom. The van der Waals surface area contributed by atoms with E-state index in [0.29, 0.717) is 0 Å². The summed E-state index contributed by atoms with van der Waals surface area (Å²) in [7, 11) is 0. The third-order valence-electron chi connectivity index (χ3n) is 1.97. The van der Waals surface area contributed by atoms with Gasteiger partial charge < -0.3 is 9.15 Å². The summed E-state index contributed by atoms with van der Waals surface area (Å²) < 4.78 is 46.6. The van der Waals surface area contributed by atoms with Gasteiger partial charge in [0, 0.05) is 0 Å². The molecule has 5 heteroatoms. The van der Waals surface area contributed by atoms with Crippen LogP contribution < -0.4 is 4.74 Å². The molecule has 0 amide bonds. The van der Waals surface area contributed by atoms with Crippen LogP contribution >= 0.6 is 0 Å². The highest BCUT2D eigenvalue weighted by Crippen LogP contribution is 2.29. The van der Waals surface area contributed by atoms with Gasteiger partial charge in [-0.2, -0.15) is 8.78 Å². The molecule has 0 spiro atoms. The zero-order valence-electron chi connectivity index (χ0n) is 7.99. The van der Waals surface area contributed by atoms with Crippen LogP contribution in [0.25, 0.3) is 11.3 Å². The van der Waals surface area contributed by atoms with Gasteiger partial charge >= 0.3 is 6.61 Å². The minimum atomic E-state index is -3.05. The number of furan rings is 1. The Kier molecular flexibility index (Phi) is 2.85. The van der Waals surface area contributed by atoms with Crippen LogP contribution in [0.5, 0.6) is 5.75 Å². The van der Waals surface area contributed by atoms with E-state index in [1.165, 1.54) is 24.5 Å². The van der Waals surface area contributed by atoms with Gasteiger partial charge in [-0.25, -0.2) is 4.39 Å². The molecule has 0 atom stereocenters. The monoisotopic (exact) mass is 228 g/mol. The normalized spacial score (nSPS) is 10.8. The molecule has 0 saturated carbocycles. The molecule has 0 aliphatic rings. The summed E-state index contributed by atoms with van der Waals surface area (Å²) >= 11 is 0. The second kappa shape index (κ2) is 4.30. The van der Waals surface area contributed by atoms with E-state index in [1.54, 1.807) is 6.07 Å². The summed E-state index contributed by atoms with van der Waals surface area (Å²) in [6.45, 7) is -3.05. The molecule has 84 valence electrons. The van der Waals surface area contributed by atoms with Crippen LogP contribution in [0.3, 0.4) is 0 Å². The molecule has 2 nitrogen and oxygen atoms in total. The summed E-state index contributed by atoms with van der Waals surface area (Å²) in [4.78, 5) is 0. The molecule has 2 rings (SSSR count). The maximum atomic E-state index is 13.7. The van der Waals surface area contributed by atoms with Crippen molar-refractivity contribution >= 4 is 0 Å². The second-order valence-electron chi connectivity index (χ2n) is 2.97. The minimum Gasteiger partial charge on any atom is -0.464 e. The van der Waals surface area contributed by atoms with Crippen LogP contribution in [0.4, 0.5) is 13.2 Å². The van der Waals surface area contributed by atoms with Gasteiger partial charge in [0.25, 0.3) is 0 Å². The van der Waals surface area contributed by atoms with Gasteiger partial charge in [0.1, 0.15) is 5.76 Å². The lowest BCUT2D eigenvalue weighted by molar-refractivity contribution is -0.0521. The van der Waals surface area contributed by atoms with Crippen molar-refractivity contribution in [1.82, 2.24) is 0 Å². The van der Waals surface area contributed by atoms with Crippen molar-refractivity contribution in [3.63, 3.8) is 0 Å². The lowest BCUT2D eigenvalue weighted by atomic mass is 10.1. The van der Waals surface area contributed by atoms with Crippen molar-refractivity contribution in [1.29, 1.82) is 0 Å². The van der Waals surface area contributed by atoms with E-state index in [4.69, 9.17) is 4.42 Å². The van der Waals surface area contributed by atoms with E-state index in [9.17, 15) is 13.2 Å². The zero-order chi connectivity index (χ0) is 11.5. The average Bonchev–Trinajstić information content (AvgIpc) is 2.73. The lowest BCUT2D eigenvalue weighted by Crippen LogP contribution is -2.04.